The summed E-state index contributed by atoms with van der Waals surface area (Å²) in [5.41, 5.74) is 0. The van der Waals surface area contributed by atoms with Gasteiger partial charge in [0.2, 0.25) is 0 Å². The third-order valence-electron chi connectivity index (χ3n) is 2.60. The third kappa shape index (κ3) is 7.51. The van der Waals surface area contributed by atoms with Crippen molar-refractivity contribution >= 4 is 5.96 Å². The lowest BCUT2D eigenvalue weighted by Crippen LogP contribution is -2.39. The van der Waals surface area contributed by atoms with E-state index in [2.05, 4.69) is 15.6 Å². The first kappa shape index (κ1) is 17.2. The lowest BCUT2D eigenvalue weighted by Gasteiger charge is -2.15. The first-order valence-corrected chi connectivity index (χ1v) is 7.09. The molecule has 0 saturated heterocycles. The fraction of sp³-hybridized carbons (Fsp3) is 0.533. The number of rotatable bonds is 8. The van der Waals surface area contributed by atoms with Gasteiger partial charge in [-0.25, -0.2) is 9.38 Å². The van der Waals surface area contributed by atoms with Gasteiger partial charge < -0.3 is 20.1 Å². The summed E-state index contributed by atoms with van der Waals surface area (Å²) in [7, 11) is 1.66. The van der Waals surface area contributed by atoms with Gasteiger partial charge >= 0.3 is 0 Å². The van der Waals surface area contributed by atoms with E-state index in [1.165, 1.54) is 12.1 Å². The molecular formula is C15H24FN3O2. The number of nitrogens with one attached hydrogen (secondary N) is 2. The molecule has 21 heavy (non-hydrogen) atoms. The van der Waals surface area contributed by atoms with Crippen molar-refractivity contribution < 1.29 is 13.9 Å². The maximum absolute atomic E-state index is 12.8. The number of aliphatic imine (C=N–C) groups is 1. The summed E-state index contributed by atoms with van der Waals surface area (Å²) in [5.74, 6) is 1.09. The number of guanidine groups is 1. The summed E-state index contributed by atoms with van der Waals surface area (Å²) in [6.45, 7) is 6.52. The summed E-state index contributed by atoms with van der Waals surface area (Å²) >= 11 is 0. The molecule has 0 amide bonds. The van der Waals surface area contributed by atoms with Crippen LogP contribution in [-0.2, 0) is 4.74 Å². The van der Waals surface area contributed by atoms with Crippen LogP contribution >= 0.6 is 0 Å². The fourth-order valence-electron chi connectivity index (χ4n) is 1.62. The van der Waals surface area contributed by atoms with Crippen LogP contribution < -0.4 is 15.4 Å². The summed E-state index contributed by atoms with van der Waals surface area (Å²) < 4.78 is 23.5. The highest BCUT2D eigenvalue weighted by Gasteiger charge is 2.04. The van der Waals surface area contributed by atoms with Gasteiger partial charge in [-0.3, -0.25) is 0 Å². The van der Waals surface area contributed by atoms with Gasteiger partial charge in [-0.05, 0) is 38.1 Å². The van der Waals surface area contributed by atoms with Crippen molar-refractivity contribution in [2.75, 3.05) is 33.4 Å². The normalized spacial score (nSPS) is 12.9. The summed E-state index contributed by atoms with van der Waals surface area (Å²) in [4.78, 5) is 4.44. The number of ether oxygens (including phenoxy) is 2. The fourth-order valence-corrected chi connectivity index (χ4v) is 1.62. The van der Waals surface area contributed by atoms with E-state index in [9.17, 15) is 4.39 Å². The van der Waals surface area contributed by atoms with Crippen LogP contribution in [-0.4, -0.2) is 45.4 Å². The van der Waals surface area contributed by atoms with Crippen LogP contribution in [0.5, 0.6) is 5.75 Å². The Morgan fingerprint density at radius 2 is 2.00 bits per heavy atom. The van der Waals surface area contributed by atoms with Crippen molar-refractivity contribution in [2.45, 2.75) is 20.0 Å². The van der Waals surface area contributed by atoms with Crippen LogP contribution in [0.4, 0.5) is 4.39 Å². The molecule has 0 radical (unpaired) electrons. The molecule has 1 atom stereocenters. The van der Waals surface area contributed by atoms with Crippen molar-refractivity contribution in [3.63, 3.8) is 0 Å². The Morgan fingerprint density at radius 1 is 1.29 bits per heavy atom. The molecule has 6 heteroatoms. The second-order valence-electron chi connectivity index (χ2n) is 4.52. The Labute approximate surface area is 125 Å². The molecule has 1 unspecified atom stereocenters. The van der Waals surface area contributed by atoms with Crippen LogP contribution in [0.15, 0.2) is 29.3 Å². The van der Waals surface area contributed by atoms with Gasteiger partial charge in [0.1, 0.15) is 17.7 Å². The Hall–Kier alpha value is -1.82. The average molecular weight is 297 g/mol. The highest BCUT2D eigenvalue weighted by molar-refractivity contribution is 5.79. The molecule has 2 N–H and O–H groups in total. The van der Waals surface area contributed by atoms with E-state index in [4.69, 9.17) is 9.47 Å². The SMILES string of the molecule is CCNC(=NCC(C)Oc1ccc(F)cc1)NCCOC. The van der Waals surface area contributed by atoms with E-state index in [1.807, 2.05) is 13.8 Å². The molecule has 0 aliphatic heterocycles. The quantitative estimate of drug-likeness (QED) is 0.436. The zero-order valence-electron chi connectivity index (χ0n) is 12.9. The number of hydrogen-bond acceptors (Lipinski definition) is 3. The first-order valence-electron chi connectivity index (χ1n) is 7.09. The Balaban J connectivity index is 2.44. The second-order valence-corrected chi connectivity index (χ2v) is 4.52. The molecule has 5 nitrogen and oxygen atoms in total. The molecule has 1 rings (SSSR count). The molecule has 0 bridgehead atoms. The molecule has 118 valence electrons. The zero-order valence-corrected chi connectivity index (χ0v) is 12.9. The van der Waals surface area contributed by atoms with E-state index in [0.717, 1.165) is 12.5 Å². The van der Waals surface area contributed by atoms with Crippen molar-refractivity contribution in [1.29, 1.82) is 0 Å². The van der Waals surface area contributed by atoms with Crippen LogP contribution in [0.1, 0.15) is 13.8 Å². The predicted octanol–water partition coefficient (Wildman–Crippen LogP) is 1.79. The van der Waals surface area contributed by atoms with Gasteiger partial charge in [-0.2, -0.15) is 0 Å². The van der Waals surface area contributed by atoms with E-state index in [-0.39, 0.29) is 11.9 Å². The van der Waals surface area contributed by atoms with Gasteiger partial charge in [0.05, 0.1) is 13.2 Å². The molecule has 0 aliphatic rings. The number of benzene rings is 1. The van der Waals surface area contributed by atoms with Crippen LogP contribution in [0.3, 0.4) is 0 Å². The standard InChI is InChI=1S/C15H24FN3O2/c1-4-17-15(18-9-10-20-3)19-11-12(2)21-14-7-5-13(16)6-8-14/h5-8,12H,4,9-11H2,1-3H3,(H2,17,18,19). The third-order valence-corrected chi connectivity index (χ3v) is 2.60. The second kappa shape index (κ2) is 9.99. The van der Waals surface area contributed by atoms with Crippen molar-refractivity contribution in [3.8, 4) is 5.75 Å². The lowest BCUT2D eigenvalue weighted by atomic mass is 10.3. The molecule has 1 aromatic rings. The van der Waals surface area contributed by atoms with E-state index in [0.29, 0.717) is 25.4 Å². The van der Waals surface area contributed by atoms with Crippen molar-refractivity contribution in [3.05, 3.63) is 30.1 Å². The molecular weight excluding hydrogens is 273 g/mol. The molecule has 0 fully saturated rings. The van der Waals surface area contributed by atoms with Gasteiger partial charge in [0.15, 0.2) is 5.96 Å². The highest BCUT2D eigenvalue weighted by Crippen LogP contribution is 2.12. The highest BCUT2D eigenvalue weighted by atomic mass is 19.1. The van der Waals surface area contributed by atoms with Crippen molar-refractivity contribution in [2.24, 2.45) is 4.99 Å². The smallest absolute Gasteiger partial charge is 0.191 e. The minimum Gasteiger partial charge on any atom is -0.489 e. The molecule has 0 heterocycles. The number of methoxy groups -OCH3 is 1. The van der Waals surface area contributed by atoms with Crippen LogP contribution in [0.25, 0.3) is 0 Å². The van der Waals surface area contributed by atoms with E-state index >= 15 is 0 Å². The largest absolute Gasteiger partial charge is 0.489 e. The average Bonchev–Trinajstić information content (AvgIpc) is 2.47. The van der Waals surface area contributed by atoms with Crippen molar-refractivity contribution in [1.82, 2.24) is 10.6 Å². The van der Waals surface area contributed by atoms with Crippen LogP contribution in [0.2, 0.25) is 0 Å². The van der Waals surface area contributed by atoms with E-state index in [1.54, 1.807) is 19.2 Å². The maximum atomic E-state index is 12.8. The molecule has 0 saturated carbocycles. The molecule has 1 aromatic carbocycles. The zero-order chi connectivity index (χ0) is 15.5. The van der Waals surface area contributed by atoms with Gasteiger partial charge in [-0.15, -0.1) is 0 Å². The topological polar surface area (TPSA) is 54.9 Å². The first-order chi connectivity index (χ1) is 10.2. The van der Waals surface area contributed by atoms with Crippen LogP contribution in [0, 0.1) is 5.82 Å². The summed E-state index contributed by atoms with van der Waals surface area (Å²) in [6.07, 6.45) is -0.103. The molecule has 0 spiro atoms. The number of halogens is 1. The monoisotopic (exact) mass is 297 g/mol. The van der Waals surface area contributed by atoms with E-state index < -0.39 is 0 Å². The Bertz CT molecular complexity index is 423. The van der Waals surface area contributed by atoms with Gasteiger partial charge in [0, 0.05) is 20.2 Å². The van der Waals surface area contributed by atoms with Gasteiger partial charge in [-0.1, -0.05) is 0 Å². The Morgan fingerprint density at radius 3 is 2.62 bits per heavy atom. The Kier molecular flexibility index (Phi) is 8.19. The summed E-state index contributed by atoms with van der Waals surface area (Å²) in [5, 5.41) is 6.30. The number of hydrogen-bond donors (Lipinski definition) is 2. The maximum Gasteiger partial charge on any atom is 0.191 e. The number of nitrogens with zero attached hydrogens (tertiary/aromatic N) is 1. The molecule has 0 aliphatic carbocycles. The minimum absolute atomic E-state index is 0.103. The van der Waals surface area contributed by atoms with Gasteiger partial charge in [0.25, 0.3) is 0 Å². The minimum atomic E-state index is -0.273. The lowest BCUT2D eigenvalue weighted by molar-refractivity contribution is 0.203. The predicted molar refractivity (Wildman–Crippen MR) is 82.3 cm³/mol. The molecule has 0 aromatic heterocycles. The summed E-state index contributed by atoms with van der Waals surface area (Å²) in [6, 6.07) is 5.97.